The van der Waals surface area contributed by atoms with Crippen LogP contribution < -0.4 is 10.5 Å². The third-order valence-electron chi connectivity index (χ3n) is 3.52. The van der Waals surface area contributed by atoms with E-state index in [0.717, 1.165) is 24.2 Å². The molecule has 1 aromatic rings. The van der Waals surface area contributed by atoms with Crippen LogP contribution in [0.2, 0.25) is 0 Å². The van der Waals surface area contributed by atoms with Crippen LogP contribution in [-0.4, -0.2) is 12.1 Å². The normalized spacial score (nSPS) is 29.1. The molecule has 1 aliphatic rings. The Balaban J connectivity index is 2.08. The van der Waals surface area contributed by atoms with Crippen molar-refractivity contribution < 1.29 is 9.13 Å². The zero-order valence-electron chi connectivity index (χ0n) is 10.4. The molecule has 2 nitrogen and oxygen atoms in total. The Morgan fingerprint density at radius 2 is 2.12 bits per heavy atom. The average Bonchev–Trinajstić information content (AvgIpc) is 2.27. The van der Waals surface area contributed by atoms with Gasteiger partial charge in [-0.25, -0.2) is 4.39 Å². The highest BCUT2D eigenvalue weighted by Gasteiger charge is 2.27. The van der Waals surface area contributed by atoms with Crippen molar-refractivity contribution in [2.24, 2.45) is 11.7 Å². The van der Waals surface area contributed by atoms with Crippen LogP contribution in [0.25, 0.3) is 0 Å². The molecule has 17 heavy (non-hydrogen) atoms. The average molecular weight is 237 g/mol. The van der Waals surface area contributed by atoms with Crippen molar-refractivity contribution in [3.63, 3.8) is 0 Å². The van der Waals surface area contributed by atoms with Gasteiger partial charge in [-0.1, -0.05) is 6.92 Å². The Morgan fingerprint density at radius 3 is 2.82 bits per heavy atom. The maximum absolute atomic E-state index is 13.0. The number of rotatable bonds is 2. The zero-order chi connectivity index (χ0) is 12.4. The van der Waals surface area contributed by atoms with Crippen molar-refractivity contribution in [1.82, 2.24) is 0 Å². The molecule has 3 unspecified atom stereocenters. The molecular formula is C14H20FNO. The first kappa shape index (κ1) is 12.4. The highest BCUT2D eigenvalue weighted by Crippen LogP contribution is 2.28. The second kappa shape index (κ2) is 5.05. The van der Waals surface area contributed by atoms with E-state index in [1.54, 1.807) is 6.07 Å². The lowest BCUT2D eigenvalue weighted by Gasteiger charge is -2.33. The second-order valence-electron chi connectivity index (χ2n) is 5.15. The monoisotopic (exact) mass is 237 g/mol. The van der Waals surface area contributed by atoms with Gasteiger partial charge in [-0.2, -0.15) is 0 Å². The molecule has 1 aliphatic carbocycles. The Hall–Kier alpha value is -1.09. The van der Waals surface area contributed by atoms with Crippen molar-refractivity contribution in [1.29, 1.82) is 0 Å². The fraction of sp³-hybridized carbons (Fsp3) is 0.571. The van der Waals surface area contributed by atoms with Crippen molar-refractivity contribution in [3.8, 4) is 5.75 Å². The zero-order valence-corrected chi connectivity index (χ0v) is 10.4. The van der Waals surface area contributed by atoms with Crippen LogP contribution in [0.1, 0.15) is 31.7 Å². The van der Waals surface area contributed by atoms with Crippen molar-refractivity contribution in [2.75, 3.05) is 0 Å². The number of halogens is 1. The summed E-state index contributed by atoms with van der Waals surface area (Å²) >= 11 is 0. The molecule has 3 atom stereocenters. The third-order valence-corrected chi connectivity index (χ3v) is 3.52. The molecule has 2 rings (SSSR count). The van der Waals surface area contributed by atoms with Crippen LogP contribution in [0.3, 0.4) is 0 Å². The van der Waals surface area contributed by atoms with E-state index in [1.807, 2.05) is 6.92 Å². The van der Waals surface area contributed by atoms with E-state index in [1.165, 1.54) is 18.6 Å². The van der Waals surface area contributed by atoms with E-state index >= 15 is 0 Å². The van der Waals surface area contributed by atoms with Crippen molar-refractivity contribution >= 4 is 0 Å². The van der Waals surface area contributed by atoms with E-state index in [9.17, 15) is 4.39 Å². The maximum Gasteiger partial charge on any atom is 0.123 e. The van der Waals surface area contributed by atoms with Gasteiger partial charge >= 0.3 is 0 Å². The summed E-state index contributed by atoms with van der Waals surface area (Å²) in [6.07, 6.45) is 3.22. The first-order valence-electron chi connectivity index (χ1n) is 6.24. The van der Waals surface area contributed by atoms with E-state index in [0.29, 0.717) is 5.92 Å². The third kappa shape index (κ3) is 2.97. The number of hydrogen-bond acceptors (Lipinski definition) is 2. The molecule has 0 aliphatic heterocycles. The minimum atomic E-state index is -0.226. The van der Waals surface area contributed by atoms with Gasteiger partial charge in [0.2, 0.25) is 0 Å². The lowest BCUT2D eigenvalue weighted by atomic mass is 9.85. The first-order chi connectivity index (χ1) is 8.06. The van der Waals surface area contributed by atoms with Gasteiger partial charge in [0.1, 0.15) is 17.7 Å². The highest BCUT2D eigenvalue weighted by molar-refractivity contribution is 5.32. The largest absolute Gasteiger partial charge is 0.489 e. The van der Waals surface area contributed by atoms with Crippen molar-refractivity contribution in [3.05, 3.63) is 29.6 Å². The van der Waals surface area contributed by atoms with Gasteiger partial charge in [0.15, 0.2) is 0 Å². The molecule has 2 N–H and O–H groups in total. The molecule has 94 valence electrons. The van der Waals surface area contributed by atoms with Crippen LogP contribution in [-0.2, 0) is 0 Å². The lowest BCUT2D eigenvalue weighted by molar-refractivity contribution is 0.107. The van der Waals surface area contributed by atoms with Crippen molar-refractivity contribution in [2.45, 2.75) is 45.3 Å². The molecule has 1 saturated carbocycles. The minimum Gasteiger partial charge on any atom is -0.489 e. The standard InChI is InChI=1S/C14H20FNO/c1-9-3-5-12(16)14(7-9)17-13-6-4-11(15)8-10(13)2/h4,6,8-9,12,14H,3,5,7,16H2,1-2H3. The summed E-state index contributed by atoms with van der Waals surface area (Å²) in [4.78, 5) is 0. The molecule has 0 amide bonds. The Bertz CT molecular complexity index is 394. The van der Waals surface area contributed by atoms with Gasteiger partial charge < -0.3 is 10.5 Å². The maximum atomic E-state index is 13.0. The van der Waals surface area contributed by atoms with E-state index in [-0.39, 0.29) is 18.0 Å². The van der Waals surface area contributed by atoms with Gasteiger partial charge in [-0.15, -0.1) is 0 Å². The predicted molar refractivity (Wildman–Crippen MR) is 66.5 cm³/mol. The Kier molecular flexibility index (Phi) is 3.67. The summed E-state index contributed by atoms with van der Waals surface area (Å²) in [5.74, 6) is 1.18. The topological polar surface area (TPSA) is 35.2 Å². The number of benzene rings is 1. The number of aryl methyl sites for hydroxylation is 1. The van der Waals surface area contributed by atoms with Crippen LogP contribution in [0.4, 0.5) is 4.39 Å². The van der Waals surface area contributed by atoms with Crippen LogP contribution in [0.15, 0.2) is 18.2 Å². The lowest BCUT2D eigenvalue weighted by Crippen LogP contribution is -2.43. The van der Waals surface area contributed by atoms with E-state index < -0.39 is 0 Å². The fourth-order valence-electron chi connectivity index (χ4n) is 2.40. The number of nitrogens with two attached hydrogens (primary N) is 1. The summed E-state index contributed by atoms with van der Waals surface area (Å²) in [5.41, 5.74) is 6.90. The predicted octanol–water partition coefficient (Wildman–Crippen LogP) is 3.03. The summed E-state index contributed by atoms with van der Waals surface area (Å²) in [6.45, 7) is 4.08. The molecule has 0 spiro atoms. The molecule has 0 aromatic heterocycles. The molecule has 0 radical (unpaired) electrons. The van der Waals surface area contributed by atoms with Gasteiger partial charge in [0, 0.05) is 6.04 Å². The molecule has 1 fully saturated rings. The molecule has 0 bridgehead atoms. The molecule has 0 saturated heterocycles. The summed E-state index contributed by atoms with van der Waals surface area (Å²) in [6, 6.07) is 4.71. The number of hydrogen-bond donors (Lipinski definition) is 1. The van der Waals surface area contributed by atoms with Crippen LogP contribution >= 0.6 is 0 Å². The van der Waals surface area contributed by atoms with Gasteiger partial charge in [0.25, 0.3) is 0 Å². The van der Waals surface area contributed by atoms with Crippen LogP contribution in [0.5, 0.6) is 5.75 Å². The molecular weight excluding hydrogens is 217 g/mol. The number of ether oxygens (including phenoxy) is 1. The Labute approximate surface area is 102 Å². The first-order valence-corrected chi connectivity index (χ1v) is 6.24. The summed E-state index contributed by atoms with van der Waals surface area (Å²) in [5, 5.41) is 0. The van der Waals surface area contributed by atoms with Gasteiger partial charge in [-0.3, -0.25) is 0 Å². The highest BCUT2D eigenvalue weighted by atomic mass is 19.1. The van der Waals surface area contributed by atoms with Crippen LogP contribution in [0, 0.1) is 18.7 Å². The quantitative estimate of drug-likeness (QED) is 0.858. The summed E-state index contributed by atoms with van der Waals surface area (Å²) in [7, 11) is 0. The summed E-state index contributed by atoms with van der Waals surface area (Å²) < 4.78 is 18.9. The van der Waals surface area contributed by atoms with E-state index in [4.69, 9.17) is 10.5 Å². The molecule has 0 heterocycles. The van der Waals surface area contributed by atoms with E-state index in [2.05, 4.69) is 6.92 Å². The second-order valence-corrected chi connectivity index (χ2v) is 5.15. The molecule has 1 aromatic carbocycles. The Morgan fingerprint density at radius 1 is 1.35 bits per heavy atom. The minimum absolute atomic E-state index is 0.0583. The SMILES string of the molecule is Cc1cc(F)ccc1OC1CC(C)CCC1N. The smallest absolute Gasteiger partial charge is 0.123 e. The van der Waals surface area contributed by atoms with Gasteiger partial charge in [0.05, 0.1) is 0 Å². The fourth-order valence-corrected chi connectivity index (χ4v) is 2.40. The van der Waals surface area contributed by atoms with Gasteiger partial charge in [-0.05, 0) is 55.9 Å². The molecule has 3 heteroatoms.